The van der Waals surface area contributed by atoms with E-state index in [2.05, 4.69) is 63.6 Å². The lowest BCUT2D eigenvalue weighted by atomic mass is 10.0. The highest BCUT2D eigenvalue weighted by atomic mass is 16.1. The van der Waals surface area contributed by atoms with Crippen molar-refractivity contribution in [3.05, 3.63) is 90.0 Å². The van der Waals surface area contributed by atoms with Crippen LogP contribution < -0.4 is 10.2 Å². The monoisotopic (exact) mass is 401 g/mol. The van der Waals surface area contributed by atoms with Gasteiger partial charge in [-0.2, -0.15) is 0 Å². The summed E-state index contributed by atoms with van der Waals surface area (Å²) < 4.78 is 0. The lowest BCUT2D eigenvalue weighted by Gasteiger charge is -2.26. The maximum Gasteiger partial charge on any atom is 0.224 e. The van der Waals surface area contributed by atoms with E-state index in [1.165, 1.54) is 16.8 Å². The van der Waals surface area contributed by atoms with Gasteiger partial charge in [-0.15, -0.1) is 0 Å². The van der Waals surface area contributed by atoms with Gasteiger partial charge >= 0.3 is 0 Å². The van der Waals surface area contributed by atoms with Crippen molar-refractivity contribution in [1.82, 2.24) is 10.2 Å². The van der Waals surface area contributed by atoms with Crippen molar-refractivity contribution in [2.45, 2.75) is 12.5 Å². The van der Waals surface area contributed by atoms with Gasteiger partial charge in [0.05, 0.1) is 12.5 Å². The van der Waals surface area contributed by atoms with Crippen LogP contribution in [0.4, 0.5) is 5.69 Å². The van der Waals surface area contributed by atoms with E-state index in [-0.39, 0.29) is 11.9 Å². The number of carbonyl (C=O) groups excluding carboxylic acids is 1. The van der Waals surface area contributed by atoms with Crippen LogP contribution in [0.3, 0.4) is 0 Å². The number of likely N-dealkylation sites (N-methyl/N-ethyl adjacent to an activating group) is 1. The van der Waals surface area contributed by atoms with Gasteiger partial charge in [0.2, 0.25) is 5.91 Å². The summed E-state index contributed by atoms with van der Waals surface area (Å²) in [5, 5.41) is 3.10. The first-order valence-corrected chi connectivity index (χ1v) is 10.3. The predicted molar refractivity (Wildman–Crippen MR) is 126 cm³/mol. The molecule has 0 saturated heterocycles. The largest absolute Gasteiger partial charge is 0.378 e. The van der Waals surface area contributed by atoms with E-state index in [4.69, 9.17) is 0 Å². The van der Waals surface area contributed by atoms with Crippen molar-refractivity contribution < 1.29 is 4.79 Å². The van der Waals surface area contributed by atoms with Crippen LogP contribution in [-0.2, 0) is 11.2 Å². The van der Waals surface area contributed by atoms with Gasteiger partial charge in [-0.05, 0) is 48.5 Å². The number of carbonyl (C=O) groups is 1. The molecule has 4 nitrogen and oxygen atoms in total. The molecule has 156 valence electrons. The van der Waals surface area contributed by atoms with Crippen molar-refractivity contribution in [2.24, 2.45) is 0 Å². The summed E-state index contributed by atoms with van der Waals surface area (Å²) in [4.78, 5) is 16.8. The van der Waals surface area contributed by atoms with Gasteiger partial charge in [-0.3, -0.25) is 4.79 Å². The molecule has 0 saturated carbocycles. The maximum atomic E-state index is 12.5. The molecule has 0 fully saturated rings. The average Bonchev–Trinajstić information content (AvgIpc) is 2.75. The first-order chi connectivity index (χ1) is 14.4. The molecule has 0 aliphatic heterocycles. The molecular weight excluding hydrogens is 370 g/mol. The van der Waals surface area contributed by atoms with Gasteiger partial charge < -0.3 is 15.1 Å². The van der Waals surface area contributed by atoms with Crippen molar-refractivity contribution in [1.29, 1.82) is 0 Å². The van der Waals surface area contributed by atoms with E-state index in [1.807, 2.05) is 58.5 Å². The molecule has 4 heteroatoms. The summed E-state index contributed by atoms with van der Waals surface area (Å²) in [6, 6.07) is 27.1. The second-order valence-electron chi connectivity index (χ2n) is 8.01. The van der Waals surface area contributed by atoms with E-state index >= 15 is 0 Å². The van der Waals surface area contributed by atoms with E-state index in [0.29, 0.717) is 13.0 Å². The first kappa shape index (κ1) is 21.6. The molecule has 3 aromatic carbocycles. The Hall–Kier alpha value is -3.11. The van der Waals surface area contributed by atoms with Crippen molar-refractivity contribution in [3.63, 3.8) is 0 Å². The second kappa shape index (κ2) is 10.1. The van der Waals surface area contributed by atoms with E-state index < -0.39 is 0 Å². The predicted octanol–water partition coefficient (Wildman–Crippen LogP) is 4.38. The van der Waals surface area contributed by atoms with Gasteiger partial charge in [0.15, 0.2) is 0 Å². The third kappa shape index (κ3) is 5.71. The molecule has 1 N–H and O–H groups in total. The van der Waals surface area contributed by atoms with Crippen LogP contribution in [0.1, 0.15) is 17.2 Å². The third-order valence-corrected chi connectivity index (χ3v) is 5.34. The smallest absolute Gasteiger partial charge is 0.224 e. The summed E-state index contributed by atoms with van der Waals surface area (Å²) in [5.74, 6) is 0.0409. The van der Waals surface area contributed by atoms with Gasteiger partial charge in [0.1, 0.15) is 0 Å². The fourth-order valence-electron chi connectivity index (χ4n) is 3.50. The molecular formula is C26H31N3O. The van der Waals surface area contributed by atoms with Crippen LogP contribution in [0.15, 0.2) is 78.9 Å². The van der Waals surface area contributed by atoms with E-state index in [9.17, 15) is 4.79 Å². The zero-order valence-electron chi connectivity index (χ0n) is 18.3. The summed E-state index contributed by atoms with van der Waals surface area (Å²) in [6.07, 6.45) is 0.384. The molecule has 0 aromatic heterocycles. The number of amides is 1. The van der Waals surface area contributed by atoms with Crippen LogP contribution in [0, 0.1) is 0 Å². The Bertz CT molecular complexity index is 932. The second-order valence-corrected chi connectivity index (χ2v) is 8.01. The highest BCUT2D eigenvalue weighted by Gasteiger charge is 2.15. The van der Waals surface area contributed by atoms with Gasteiger partial charge in [0.25, 0.3) is 0 Å². The molecule has 0 heterocycles. The van der Waals surface area contributed by atoms with Gasteiger partial charge in [0, 0.05) is 26.3 Å². The molecule has 0 spiro atoms. The molecule has 30 heavy (non-hydrogen) atoms. The third-order valence-electron chi connectivity index (χ3n) is 5.34. The maximum absolute atomic E-state index is 12.5. The zero-order chi connectivity index (χ0) is 21.5. The molecule has 3 aromatic rings. The van der Waals surface area contributed by atoms with E-state index in [0.717, 1.165) is 11.1 Å². The summed E-state index contributed by atoms with van der Waals surface area (Å²) in [5.41, 5.74) is 5.72. The summed E-state index contributed by atoms with van der Waals surface area (Å²) in [6.45, 7) is 0.579. The molecule has 0 aliphatic rings. The Kier molecular flexibility index (Phi) is 7.26. The van der Waals surface area contributed by atoms with Crippen LogP contribution in [0.5, 0.6) is 0 Å². The SMILES string of the molecule is CN(C)c1ccc([C@@H](CNC(=O)Cc2ccc(-c3ccccc3)cc2)N(C)C)cc1. The van der Waals surface area contributed by atoms with Crippen LogP contribution in [-0.4, -0.2) is 45.5 Å². The lowest BCUT2D eigenvalue weighted by Crippen LogP contribution is -2.35. The Morgan fingerprint density at radius 1 is 0.800 bits per heavy atom. The quantitative estimate of drug-likeness (QED) is 0.608. The van der Waals surface area contributed by atoms with Crippen molar-refractivity contribution in [2.75, 3.05) is 39.6 Å². The first-order valence-electron chi connectivity index (χ1n) is 10.3. The molecule has 0 aliphatic carbocycles. The Morgan fingerprint density at radius 3 is 1.97 bits per heavy atom. The molecule has 0 radical (unpaired) electrons. The summed E-state index contributed by atoms with van der Waals surface area (Å²) >= 11 is 0. The number of benzene rings is 3. The number of hydrogen-bond acceptors (Lipinski definition) is 3. The fraction of sp³-hybridized carbons (Fsp3) is 0.269. The Balaban J connectivity index is 1.58. The summed E-state index contributed by atoms with van der Waals surface area (Å²) in [7, 11) is 8.15. The Morgan fingerprint density at radius 2 is 1.40 bits per heavy atom. The van der Waals surface area contributed by atoms with E-state index in [1.54, 1.807) is 0 Å². The van der Waals surface area contributed by atoms with Gasteiger partial charge in [-0.1, -0.05) is 66.7 Å². The molecule has 0 bridgehead atoms. The number of nitrogens with one attached hydrogen (secondary N) is 1. The van der Waals surface area contributed by atoms with Gasteiger partial charge in [-0.25, -0.2) is 0 Å². The fourth-order valence-corrected chi connectivity index (χ4v) is 3.50. The number of hydrogen-bond donors (Lipinski definition) is 1. The molecule has 0 unspecified atom stereocenters. The molecule has 1 amide bonds. The minimum absolute atomic E-state index is 0.0409. The highest BCUT2D eigenvalue weighted by molar-refractivity contribution is 5.79. The number of rotatable bonds is 8. The van der Waals surface area contributed by atoms with Crippen molar-refractivity contribution in [3.8, 4) is 11.1 Å². The topological polar surface area (TPSA) is 35.6 Å². The highest BCUT2D eigenvalue weighted by Crippen LogP contribution is 2.21. The van der Waals surface area contributed by atoms with Crippen LogP contribution in [0.25, 0.3) is 11.1 Å². The Labute approximate surface area is 180 Å². The molecule has 1 atom stereocenters. The molecule has 3 rings (SSSR count). The zero-order valence-corrected chi connectivity index (χ0v) is 18.3. The van der Waals surface area contributed by atoms with Crippen LogP contribution >= 0.6 is 0 Å². The number of nitrogens with zero attached hydrogens (tertiary/aromatic N) is 2. The minimum atomic E-state index is 0.0409. The van der Waals surface area contributed by atoms with Crippen molar-refractivity contribution >= 4 is 11.6 Å². The number of anilines is 1. The minimum Gasteiger partial charge on any atom is -0.378 e. The standard InChI is InChI=1S/C26H31N3O/c1-28(2)24-16-14-23(15-17-24)25(29(3)4)19-27-26(30)18-20-10-12-22(13-11-20)21-8-6-5-7-9-21/h5-17,25H,18-19H2,1-4H3,(H,27,30)/t25-/m1/s1. The normalized spacial score (nSPS) is 11.9. The average molecular weight is 402 g/mol. The van der Waals surface area contributed by atoms with Crippen LogP contribution in [0.2, 0.25) is 0 Å². The lowest BCUT2D eigenvalue weighted by molar-refractivity contribution is -0.120.